The molecule has 2 rings (SSSR count). The smallest absolute Gasteiger partial charge is 0.0740 e. The molecule has 0 aliphatic carbocycles. The van der Waals surface area contributed by atoms with Crippen molar-refractivity contribution in [2.75, 3.05) is 0 Å². The summed E-state index contributed by atoms with van der Waals surface area (Å²) in [5.74, 6) is 2.27. The first-order chi connectivity index (χ1) is 7.56. The van der Waals surface area contributed by atoms with Gasteiger partial charge in [0, 0.05) is 8.07 Å². The van der Waals surface area contributed by atoms with Crippen molar-refractivity contribution in [1.82, 2.24) is 0 Å². The molecule has 0 nitrogen and oxygen atoms in total. The molecule has 0 N–H and O–H groups in total. The zero-order valence-corrected chi connectivity index (χ0v) is 12.6. The van der Waals surface area contributed by atoms with E-state index in [4.69, 9.17) is 0 Å². The van der Waals surface area contributed by atoms with Crippen LogP contribution >= 0.6 is 0 Å². The lowest BCUT2D eigenvalue weighted by Crippen LogP contribution is -2.34. The molecule has 0 unspecified atom stereocenters. The quantitative estimate of drug-likeness (QED) is 0.580. The molecular formula is C14H29BSi. The van der Waals surface area contributed by atoms with E-state index in [1.54, 1.807) is 50.9 Å². The first kappa shape index (κ1) is 12.7. The molecule has 0 aromatic carbocycles. The lowest BCUT2D eigenvalue weighted by molar-refractivity contribution is 0.441. The molecule has 16 heavy (non-hydrogen) atoms. The van der Waals surface area contributed by atoms with Crippen molar-refractivity contribution in [3.63, 3.8) is 0 Å². The fourth-order valence-corrected chi connectivity index (χ4v) is 5.42. The molecule has 0 saturated carbocycles. The Balaban J connectivity index is 1.79. The van der Waals surface area contributed by atoms with Crippen LogP contribution in [0.15, 0.2) is 0 Å². The predicted molar refractivity (Wildman–Crippen MR) is 78.5 cm³/mol. The minimum absolute atomic E-state index is 0.778. The van der Waals surface area contributed by atoms with Crippen molar-refractivity contribution in [2.24, 2.45) is 0 Å². The summed E-state index contributed by atoms with van der Waals surface area (Å²) < 4.78 is 0. The Labute approximate surface area is 104 Å². The number of fused-ring (bicyclic) bond motifs is 2. The van der Waals surface area contributed by atoms with Crippen LogP contribution in [0.2, 0.25) is 43.6 Å². The number of rotatable bonds is 4. The van der Waals surface area contributed by atoms with E-state index in [1.165, 1.54) is 6.42 Å². The maximum absolute atomic E-state index is 2.52. The summed E-state index contributed by atoms with van der Waals surface area (Å²) >= 11 is 0. The summed E-state index contributed by atoms with van der Waals surface area (Å²) in [6.45, 7) is 8.71. The minimum Gasteiger partial charge on any atom is -0.0740 e. The summed E-state index contributed by atoms with van der Waals surface area (Å²) in [6.07, 6.45) is 12.4. The summed E-state index contributed by atoms with van der Waals surface area (Å²) in [5, 5.41) is 0. The molecule has 0 amide bonds. The van der Waals surface area contributed by atoms with Gasteiger partial charge in [-0.25, -0.2) is 0 Å². The van der Waals surface area contributed by atoms with Gasteiger partial charge in [0.1, 0.15) is 6.71 Å². The van der Waals surface area contributed by atoms with E-state index in [2.05, 4.69) is 19.6 Å². The SMILES string of the molecule is C[Si](C)(C)CCCB1C2CCCC1CCC2. The lowest BCUT2D eigenvalue weighted by Gasteiger charge is -2.41. The van der Waals surface area contributed by atoms with E-state index in [1.807, 2.05) is 0 Å². The van der Waals surface area contributed by atoms with Gasteiger partial charge in [0.15, 0.2) is 0 Å². The van der Waals surface area contributed by atoms with E-state index in [0.717, 1.165) is 18.3 Å². The molecule has 2 heteroatoms. The maximum atomic E-state index is 2.52. The fourth-order valence-electron chi connectivity index (χ4n) is 4.15. The van der Waals surface area contributed by atoms with E-state index in [9.17, 15) is 0 Å². The van der Waals surface area contributed by atoms with Crippen LogP contribution in [0.1, 0.15) is 44.9 Å². The topological polar surface area (TPSA) is 0 Å². The third kappa shape index (κ3) is 3.38. The summed E-state index contributed by atoms with van der Waals surface area (Å²) in [5.41, 5.74) is 0. The molecule has 2 saturated heterocycles. The summed E-state index contributed by atoms with van der Waals surface area (Å²) in [6, 6.07) is 1.56. The second-order valence-electron chi connectivity index (χ2n) is 7.50. The largest absolute Gasteiger partial charge is 0.146 e. The Bertz CT molecular complexity index is 199. The Morgan fingerprint density at radius 2 is 1.44 bits per heavy atom. The predicted octanol–water partition coefficient (Wildman–Crippen LogP) is 5.32. The van der Waals surface area contributed by atoms with Crippen LogP contribution in [0.25, 0.3) is 0 Å². The third-order valence-corrected chi connectivity index (χ3v) is 6.83. The van der Waals surface area contributed by atoms with Crippen LogP contribution in [0.4, 0.5) is 0 Å². The second kappa shape index (κ2) is 5.29. The van der Waals surface area contributed by atoms with Crippen LogP contribution in [0.3, 0.4) is 0 Å². The van der Waals surface area contributed by atoms with Crippen LogP contribution < -0.4 is 0 Å². The van der Waals surface area contributed by atoms with Gasteiger partial charge in [0.25, 0.3) is 0 Å². The molecule has 0 aromatic rings. The van der Waals surface area contributed by atoms with Crippen LogP contribution in [0, 0.1) is 0 Å². The van der Waals surface area contributed by atoms with Gasteiger partial charge in [-0.15, -0.1) is 0 Å². The summed E-state index contributed by atoms with van der Waals surface area (Å²) in [7, 11) is -0.778. The first-order valence-electron chi connectivity index (χ1n) is 7.56. The zero-order chi connectivity index (χ0) is 11.6. The van der Waals surface area contributed by atoms with Gasteiger partial charge < -0.3 is 0 Å². The molecular weight excluding hydrogens is 207 g/mol. The first-order valence-corrected chi connectivity index (χ1v) is 11.3. The van der Waals surface area contributed by atoms with Crippen LogP contribution in [-0.4, -0.2) is 14.8 Å². The highest BCUT2D eigenvalue weighted by Gasteiger charge is 2.38. The lowest BCUT2D eigenvalue weighted by atomic mass is 9.26. The highest BCUT2D eigenvalue weighted by molar-refractivity contribution is 6.76. The molecule has 92 valence electrons. The van der Waals surface area contributed by atoms with Gasteiger partial charge in [-0.2, -0.15) is 0 Å². The Kier molecular flexibility index (Phi) is 4.21. The van der Waals surface area contributed by atoms with Gasteiger partial charge in [0.2, 0.25) is 0 Å². The van der Waals surface area contributed by atoms with Gasteiger partial charge in [-0.1, -0.05) is 88.6 Å². The van der Waals surface area contributed by atoms with Crippen LogP contribution in [0.5, 0.6) is 0 Å². The second-order valence-corrected chi connectivity index (χ2v) is 13.1. The van der Waals surface area contributed by atoms with Gasteiger partial charge in [0.05, 0.1) is 0 Å². The summed E-state index contributed by atoms with van der Waals surface area (Å²) in [4.78, 5) is 0. The van der Waals surface area contributed by atoms with E-state index < -0.39 is 8.07 Å². The monoisotopic (exact) mass is 236 g/mol. The molecule has 0 aromatic heterocycles. The van der Waals surface area contributed by atoms with Gasteiger partial charge in [-0.05, 0) is 0 Å². The molecule has 0 atom stereocenters. The molecule has 2 fully saturated rings. The van der Waals surface area contributed by atoms with Crippen LogP contribution in [-0.2, 0) is 0 Å². The Morgan fingerprint density at radius 3 is 1.88 bits per heavy atom. The van der Waals surface area contributed by atoms with Crippen molar-refractivity contribution in [3.8, 4) is 0 Å². The van der Waals surface area contributed by atoms with Crippen molar-refractivity contribution in [2.45, 2.75) is 88.6 Å². The molecule has 2 aliphatic rings. The van der Waals surface area contributed by atoms with E-state index in [0.29, 0.717) is 0 Å². The van der Waals surface area contributed by atoms with E-state index in [-0.39, 0.29) is 0 Å². The third-order valence-electron chi connectivity index (χ3n) is 4.97. The average molecular weight is 236 g/mol. The average Bonchev–Trinajstić information content (AvgIpc) is 2.15. The molecule has 0 radical (unpaired) electrons. The molecule has 0 spiro atoms. The minimum atomic E-state index is -0.778. The standard InChI is InChI=1S/C14H29BSi/c1-16(2,3)12-6-11-15-13-7-4-8-14(15)10-5-9-13/h13-14H,4-12H2,1-3H3. The number of hydrogen-bond acceptors (Lipinski definition) is 0. The van der Waals surface area contributed by atoms with Crippen molar-refractivity contribution in [1.29, 1.82) is 0 Å². The van der Waals surface area contributed by atoms with Gasteiger partial charge in [-0.3, -0.25) is 0 Å². The normalized spacial score (nSPS) is 30.6. The number of hydrogen-bond donors (Lipinski definition) is 0. The van der Waals surface area contributed by atoms with Crippen molar-refractivity contribution >= 4 is 14.8 Å². The Hall–Kier alpha value is 0.282. The van der Waals surface area contributed by atoms with E-state index >= 15 is 0 Å². The highest BCUT2D eigenvalue weighted by Crippen LogP contribution is 2.48. The molecule has 2 heterocycles. The van der Waals surface area contributed by atoms with Gasteiger partial charge >= 0.3 is 0 Å². The van der Waals surface area contributed by atoms with Crippen molar-refractivity contribution < 1.29 is 0 Å². The maximum Gasteiger partial charge on any atom is 0.146 e. The van der Waals surface area contributed by atoms with Crippen molar-refractivity contribution in [3.05, 3.63) is 0 Å². The Morgan fingerprint density at radius 1 is 0.938 bits per heavy atom. The fraction of sp³-hybridized carbons (Fsp3) is 1.00. The molecule has 2 aliphatic heterocycles. The molecule has 2 bridgehead atoms. The highest BCUT2D eigenvalue weighted by atomic mass is 28.3. The zero-order valence-electron chi connectivity index (χ0n) is 11.6.